The van der Waals surface area contributed by atoms with E-state index in [1.807, 2.05) is 27.7 Å². The normalized spacial score (nSPS) is 8.38. The van der Waals surface area contributed by atoms with Crippen LogP contribution in [0.4, 0.5) is 0 Å². The average molecular weight is 226 g/mol. The minimum Gasteiger partial charge on any atom is -0.366 e. The van der Waals surface area contributed by atoms with Crippen molar-refractivity contribution in [3.05, 3.63) is 22.3 Å². The van der Waals surface area contributed by atoms with E-state index in [2.05, 4.69) is 0 Å². The van der Waals surface area contributed by atoms with Gasteiger partial charge in [0.25, 0.3) is 0 Å². The summed E-state index contributed by atoms with van der Waals surface area (Å²) in [5.74, 6) is -0.657. The lowest BCUT2D eigenvalue weighted by Gasteiger charge is -1.93. The quantitative estimate of drug-likeness (QED) is 0.701. The van der Waals surface area contributed by atoms with Crippen LogP contribution >= 0.6 is 0 Å². The highest BCUT2D eigenvalue weighted by Gasteiger charge is 1.96. The van der Waals surface area contributed by atoms with Gasteiger partial charge in [-0.1, -0.05) is 11.1 Å². The summed E-state index contributed by atoms with van der Waals surface area (Å²) in [6, 6.07) is 0. The summed E-state index contributed by atoms with van der Waals surface area (Å²) in [5, 5.41) is 0. The number of nitrogens with two attached hydrogens (primary N) is 2. The molecule has 4 heteroatoms. The lowest BCUT2D eigenvalue weighted by atomic mass is 10.2. The zero-order chi connectivity index (χ0) is 13.5. The summed E-state index contributed by atoms with van der Waals surface area (Å²) in [4.78, 5) is 20.6. The van der Waals surface area contributed by atoms with Crippen molar-refractivity contribution in [2.75, 3.05) is 0 Å². The molecular weight excluding hydrogens is 204 g/mol. The Labute approximate surface area is 97.4 Å². The van der Waals surface area contributed by atoms with Crippen LogP contribution in [0, 0.1) is 0 Å². The van der Waals surface area contributed by atoms with Crippen molar-refractivity contribution in [2.24, 2.45) is 11.5 Å². The highest BCUT2D eigenvalue weighted by Crippen LogP contribution is 1.99. The van der Waals surface area contributed by atoms with Crippen molar-refractivity contribution in [1.82, 2.24) is 0 Å². The number of amides is 2. The number of primary amides is 2. The number of hydrogen-bond acceptors (Lipinski definition) is 2. The fraction of sp³-hybridized carbons (Fsp3) is 0.500. The van der Waals surface area contributed by atoms with Crippen LogP contribution in [0.15, 0.2) is 22.3 Å². The van der Waals surface area contributed by atoms with Gasteiger partial charge < -0.3 is 11.5 Å². The molecule has 0 fully saturated rings. The van der Waals surface area contributed by atoms with Crippen molar-refractivity contribution in [3.8, 4) is 0 Å². The molecule has 4 nitrogen and oxygen atoms in total. The van der Waals surface area contributed by atoms with Gasteiger partial charge in [-0.2, -0.15) is 0 Å². The first-order valence-corrected chi connectivity index (χ1v) is 4.99. The van der Waals surface area contributed by atoms with E-state index < -0.39 is 0 Å². The maximum atomic E-state index is 10.3. The van der Waals surface area contributed by atoms with Gasteiger partial charge in [0.05, 0.1) is 0 Å². The first-order valence-electron chi connectivity index (χ1n) is 4.99. The van der Waals surface area contributed by atoms with Crippen molar-refractivity contribution < 1.29 is 9.59 Å². The number of hydrogen-bond donors (Lipinski definition) is 2. The van der Waals surface area contributed by atoms with Crippen molar-refractivity contribution >= 4 is 11.8 Å². The van der Waals surface area contributed by atoms with Gasteiger partial charge in [-0.25, -0.2) is 0 Å². The molecule has 0 aromatic rings. The summed E-state index contributed by atoms with van der Waals surface area (Å²) in [5.41, 5.74) is 13.2. The number of rotatable bonds is 2. The zero-order valence-electron chi connectivity index (χ0n) is 11.0. The molecule has 0 saturated carbocycles. The van der Waals surface area contributed by atoms with Gasteiger partial charge in [-0.15, -0.1) is 0 Å². The lowest BCUT2D eigenvalue weighted by molar-refractivity contribution is -0.115. The second kappa shape index (κ2) is 7.68. The topological polar surface area (TPSA) is 86.2 Å². The minimum atomic E-state index is -0.329. The van der Waals surface area contributed by atoms with Gasteiger partial charge in [0, 0.05) is 11.1 Å². The van der Waals surface area contributed by atoms with Crippen LogP contribution in [0.25, 0.3) is 0 Å². The van der Waals surface area contributed by atoms with E-state index in [1.54, 1.807) is 13.8 Å². The van der Waals surface area contributed by atoms with E-state index in [0.29, 0.717) is 11.1 Å². The Hall–Kier alpha value is -1.58. The first-order chi connectivity index (χ1) is 7.11. The van der Waals surface area contributed by atoms with Crippen molar-refractivity contribution in [1.29, 1.82) is 0 Å². The number of carbonyl (C=O) groups is 2. The summed E-state index contributed by atoms with van der Waals surface area (Å²) in [7, 11) is 0. The molecule has 0 unspecified atom stereocenters. The highest BCUT2D eigenvalue weighted by molar-refractivity contribution is 5.92. The Bertz CT molecular complexity index is 297. The van der Waals surface area contributed by atoms with Crippen LogP contribution < -0.4 is 11.5 Å². The molecule has 0 spiro atoms. The average Bonchev–Trinajstić information content (AvgIpc) is 2.15. The molecule has 16 heavy (non-hydrogen) atoms. The molecule has 0 aromatic carbocycles. The summed E-state index contributed by atoms with van der Waals surface area (Å²) in [6.07, 6.45) is 0. The predicted molar refractivity (Wildman–Crippen MR) is 66.5 cm³/mol. The van der Waals surface area contributed by atoms with Crippen LogP contribution in [0.3, 0.4) is 0 Å². The molecular formula is C12H22N2O2. The standard InChI is InChI=1S/2C6H11NO/c2*1-4(2)5(3)6(7)8/h2*1-3H3,(H2,7,8). The Morgan fingerprint density at radius 1 is 0.625 bits per heavy atom. The Kier molecular flexibility index (Phi) is 8.08. The lowest BCUT2D eigenvalue weighted by Crippen LogP contribution is -2.12. The third kappa shape index (κ3) is 7.79. The molecule has 0 aliphatic carbocycles. The fourth-order valence-corrected chi connectivity index (χ4v) is 0.493. The van der Waals surface area contributed by atoms with Crippen LogP contribution in [0.2, 0.25) is 0 Å². The molecule has 2 amide bonds. The zero-order valence-corrected chi connectivity index (χ0v) is 11.0. The minimum absolute atomic E-state index is 0.329. The van der Waals surface area contributed by atoms with E-state index >= 15 is 0 Å². The van der Waals surface area contributed by atoms with Crippen LogP contribution in [0.5, 0.6) is 0 Å². The van der Waals surface area contributed by atoms with E-state index in [9.17, 15) is 9.59 Å². The maximum absolute atomic E-state index is 10.3. The second-order valence-electron chi connectivity index (χ2n) is 3.98. The first kappa shape index (κ1) is 16.8. The van der Waals surface area contributed by atoms with E-state index in [-0.39, 0.29) is 11.8 Å². The van der Waals surface area contributed by atoms with Gasteiger partial charge >= 0.3 is 0 Å². The second-order valence-corrected chi connectivity index (χ2v) is 3.98. The van der Waals surface area contributed by atoms with Crippen molar-refractivity contribution in [3.63, 3.8) is 0 Å². The summed E-state index contributed by atoms with van der Waals surface area (Å²) < 4.78 is 0. The Morgan fingerprint density at radius 3 is 0.812 bits per heavy atom. The van der Waals surface area contributed by atoms with Crippen LogP contribution in [0.1, 0.15) is 41.5 Å². The number of carbonyl (C=O) groups excluding carboxylic acids is 2. The van der Waals surface area contributed by atoms with E-state index in [4.69, 9.17) is 11.5 Å². The molecule has 0 bridgehead atoms. The molecule has 0 saturated heterocycles. The van der Waals surface area contributed by atoms with Gasteiger partial charge in [0.1, 0.15) is 0 Å². The third-order valence-corrected chi connectivity index (χ3v) is 2.24. The molecule has 4 N–H and O–H groups in total. The van der Waals surface area contributed by atoms with Crippen molar-refractivity contribution in [2.45, 2.75) is 41.5 Å². The molecule has 0 atom stereocenters. The van der Waals surface area contributed by atoms with Crippen LogP contribution in [-0.2, 0) is 9.59 Å². The molecule has 0 aliphatic heterocycles. The fourth-order valence-electron chi connectivity index (χ4n) is 0.493. The Balaban J connectivity index is 0. The third-order valence-electron chi connectivity index (χ3n) is 2.24. The van der Waals surface area contributed by atoms with E-state index in [0.717, 1.165) is 11.1 Å². The SMILES string of the molecule is CC(C)=C(C)C(N)=O.CC(C)=C(C)C(N)=O. The molecule has 0 rings (SSSR count). The monoisotopic (exact) mass is 226 g/mol. The van der Waals surface area contributed by atoms with Gasteiger partial charge in [0.15, 0.2) is 0 Å². The molecule has 0 heterocycles. The smallest absolute Gasteiger partial charge is 0.244 e. The largest absolute Gasteiger partial charge is 0.366 e. The Morgan fingerprint density at radius 2 is 0.812 bits per heavy atom. The maximum Gasteiger partial charge on any atom is 0.244 e. The van der Waals surface area contributed by atoms with Gasteiger partial charge in [-0.3, -0.25) is 9.59 Å². The molecule has 92 valence electrons. The molecule has 0 radical (unpaired) electrons. The summed E-state index contributed by atoms with van der Waals surface area (Å²) >= 11 is 0. The predicted octanol–water partition coefficient (Wildman–Crippen LogP) is 1.66. The van der Waals surface area contributed by atoms with E-state index in [1.165, 1.54) is 0 Å². The van der Waals surface area contributed by atoms with Crippen LogP contribution in [-0.4, -0.2) is 11.8 Å². The number of allylic oxidation sites excluding steroid dienone is 2. The van der Waals surface area contributed by atoms with Gasteiger partial charge in [0.2, 0.25) is 11.8 Å². The summed E-state index contributed by atoms with van der Waals surface area (Å²) in [6.45, 7) is 10.9. The molecule has 0 aromatic heterocycles. The molecule has 0 aliphatic rings. The highest BCUT2D eigenvalue weighted by atomic mass is 16.1. The van der Waals surface area contributed by atoms with Gasteiger partial charge in [-0.05, 0) is 41.5 Å².